The molecule has 116 valence electrons. The summed E-state index contributed by atoms with van der Waals surface area (Å²) in [6.07, 6.45) is 7.16. The predicted molar refractivity (Wildman–Crippen MR) is 80.7 cm³/mol. The summed E-state index contributed by atoms with van der Waals surface area (Å²) in [5.74, 6) is 0.745. The van der Waals surface area contributed by atoms with Crippen molar-refractivity contribution in [3.63, 3.8) is 0 Å². The number of hydrogen-bond donors (Lipinski definition) is 1. The van der Waals surface area contributed by atoms with Crippen LogP contribution in [0.1, 0.15) is 52.4 Å². The van der Waals surface area contributed by atoms with Gasteiger partial charge < -0.3 is 9.64 Å². The molecule has 2 aliphatic rings. The number of methoxy groups -OCH3 is 1. The SMILES string of the molecule is CCCC1CCN(CCC(C)(NC2CC2)C(=O)OC)C1. The van der Waals surface area contributed by atoms with Gasteiger partial charge in [-0.15, -0.1) is 0 Å². The largest absolute Gasteiger partial charge is 0.468 e. The lowest BCUT2D eigenvalue weighted by Gasteiger charge is -2.30. The number of hydrogen-bond acceptors (Lipinski definition) is 4. The third-order valence-electron chi connectivity index (χ3n) is 4.73. The fraction of sp³-hybridized carbons (Fsp3) is 0.938. The molecule has 2 fully saturated rings. The number of rotatable bonds is 8. The van der Waals surface area contributed by atoms with Crippen LogP contribution in [0.25, 0.3) is 0 Å². The molecule has 0 aromatic rings. The van der Waals surface area contributed by atoms with Gasteiger partial charge in [-0.2, -0.15) is 0 Å². The van der Waals surface area contributed by atoms with Crippen LogP contribution in [0.5, 0.6) is 0 Å². The molecule has 0 amide bonds. The van der Waals surface area contributed by atoms with Crippen molar-refractivity contribution < 1.29 is 9.53 Å². The lowest BCUT2D eigenvalue weighted by atomic mass is 9.97. The Balaban J connectivity index is 1.81. The van der Waals surface area contributed by atoms with Crippen LogP contribution in [-0.4, -0.2) is 49.2 Å². The molecule has 2 atom stereocenters. The van der Waals surface area contributed by atoms with Crippen molar-refractivity contribution in [1.29, 1.82) is 0 Å². The van der Waals surface area contributed by atoms with Crippen LogP contribution in [0.4, 0.5) is 0 Å². The van der Waals surface area contributed by atoms with Crippen LogP contribution in [0.15, 0.2) is 0 Å². The van der Waals surface area contributed by atoms with Gasteiger partial charge in [0.05, 0.1) is 7.11 Å². The highest BCUT2D eigenvalue weighted by Crippen LogP contribution is 2.26. The second kappa shape index (κ2) is 6.90. The number of nitrogens with zero attached hydrogens (tertiary/aromatic N) is 1. The number of esters is 1. The zero-order chi connectivity index (χ0) is 14.6. The number of carbonyl (C=O) groups excluding carboxylic acids is 1. The topological polar surface area (TPSA) is 41.6 Å². The fourth-order valence-electron chi connectivity index (χ4n) is 3.28. The van der Waals surface area contributed by atoms with E-state index in [0.29, 0.717) is 6.04 Å². The summed E-state index contributed by atoms with van der Waals surface area (Å²) in [6, 6.07) is 0.519. The monoisotopic (exact) mass is 282 g/mol. The third-order valence-corrected chi connectivity index (χ3v) is 4.73. The van der Waals surface area contributed by atoms with Crippen LogP contribution in [0, 0.1) is 5.92 Å². The van der Waals surface area contributed by atoms with Crippen molar-refractivity contribution in [2.75, 3.05) is 26.7 Å². The van der Waals surface area contributed by atoms with Gasteiger partial charge >= 0.3 is 5.97 Å². The Morgan fingerprint density at radius 3 is 2.75 bits per heavy atom. The molecule has 1 N–H and O–H groups in total. The van der Waals surface area contributed by atoms with Gasteiger partial charge in [0.25, 0.3) is 0 Å². The van der Waals surface area contributed by atoms with E-state index < -0.39 is 5.54 Å². The predicted octanol–water partition coefficient (Wildman–Crippen LogP) is 2.18. The summed E-state index contributed by atoms with van der Waals surface area (Å²) in [4.78, 5) is 14.6. The van der Waals surface area contributed by atoms with Crippen LogP contribution < -0.4 is 5.32 Å². The highest BCUT2D eigenvalue weighted by Gasteiger charge is 2.39. The maximum absolute atomic E-state index is 12.1. The summed E-state index contributed by atoms with van der Waals surface area (Å²) in [7, 11) is 1.49. The number of nitrogens with one attached hydrogen (secondary N) is 1. The first-order valence-electron chi connectivity index (χ1n) is 8.16. The van der Waals surface area contributed by atoms with E-state index in [2.05, 4.69) is 17.1 Å². The summed E-state index contributed by atoms with van der Waals surface area (Å²) < 4.78 is 5.00. The minimum atomic E-state index is -0.515. The van der Waals surface area contributed by atoms with Crippen LogP contribution in [0.2, 0.25) is 0 Å². The summed E-state index contributed by atoms with van der Waals surface area (Å²) in [5.41, 5.74) is -0.515. The second-order valence-corrected chi connectivity index (χ2v) is 6.74. The highest BCUT2D eigenvalue weighted by molar-refractivity contribution is 5.80. The number of carbonyl (C=O) groups is 1. The van der Waals surface area contributed by atoms with E-state index in [1.54, 1.807) is 0 Å². The molecular weight excluding hydrogens is 252 g/mol. The van der Waals surface area contributed by atoms with Crippen molar-refractivity contribution in [1.82, 2.24) is 10.2 Å². The molecule has 2 rings (SSSR count). The first-order valence-corrected chi connectivity index (χ1v) is 8.16. The second-order valence-electron chi connectivity index (χ2n) is 6.74. The molecule has 1 saturated heterocycles. The lowest BCUT2D eigenvalue weighted by Crippen LogP contribution is -2.52. The van der Waals surface area contributed by atoms with Gasteiger partial charge in [-0.25, -0.2) is 0 Å². The Labute approximate surface area is 123 Å². The first-order chi connectivity index (χ1) is 9.57. The number of ether oxygens (including phenoxy) is 1. The molecule has 1 saturated carbocycles. The van der Waals surface area contributed by atoms with Gasteiger partial charge in [0.15, 0.2) is 0 Å². The molecule has 0 spiro atoms. The van der Waals surface area contributed by atoms with Crippen LogP contribution in [-0.2, 0) is 9.53 Å². The fourth-order valence-corrected chi connectivity index (χ4v) is 3.28. The van der Waals surface area contributed by atoms with Gasteiger partial charge in [-0.1, -0.05) is 13.3 Å². The quantitative estimate of drug-likeness (QED) is 0.693. The molecule has 1 heterocycles. The van der Waals surface area contributed by atoms with E-state index in [0.717, 1.165) is 18.9 Å². The molecule has 1 aliphatic heterocycles. The molecular formula is C16H30N2O2. The van der Waals surface area contributed by atoms with E-state index in [1.807, 2.05) is 6.92 Å². The highest BCUT2D eigenvalue weighted by atomic mass is 16.5. The maximum atomic E-state index is 12.1. The van der Waals surface area contributed by atoms with Crippen molar-refractivity contribution in [3.05, 3.63) is 0 Å². The Bertz CT molecular complexity index is 330. The molecule has 1 aliphatic carbocycles. The minimum Gasteiger partial charge on any atom is -0.468 e. The average molecular weight is 282 g/mol. The zero-order valence-corrected chi connectivity index (χ0v) is 13.3. The zero-order valence-electron chi connectivity index (χ0n) is 13.3. The molecule has 0 aromatic carbocycles. The van der Waals surface area contributed by atoms with Crippen molar-refractivity contribution >= 4 is 5.97 Å². The van der Waals surface area contributed by atoms with E-state index in [4.69, 9.17) is 4.74 Å². The Morgan fingerprint density at radius 1 is 1.40 bits per heavy atom. The number of likely N-dealkylation sites (tertiary alicyclic amines) is 1. The molecule has 0 aromatic heterocycles. The van der Waals surface area contributed by atoms with Gasteiger partial charge in [-0.05, 0) is 51.5 Å². The van der Waals surface area contributed by atoms with Gasteiger partial charge in [-0.3, -0.25) is 10.1 Å². The molecule has 0 radical (unpaired) electrons. The molecule has 4 heteroatoms. The average Bonchev–Trinajstić information content (AvgIpc) is 3.13. The van der Waals surface area contributed by atoms with Gasteiger partial charge in [0.1, 0.15) is 5.54 Å². The van der Waals surface area contributed by atoms with E-state index >= 15 is 0 Å². The first kappa shape index (κ1) is 15.8. The van der Waals surface area contributed by atoms with Gasteiger partial charge in [0.2, 0.25) is 0 Å². The Kier molecular flexibility index (Phi) is 5.44. The summed E-state index contributed by atoms with van der Waals surface area (Å²) in [6.45, 7) is 7.64. The standard InChI is InChI=1S/C16H30N2O2/c1-4-5-13-8-10-18(12-13)11-9-16(2,15(19)20-3)17-14-6-7-14/h13-14,17H,4-12H2,1-3H3. The molecule has 0 bridgehead atoms. The van der Waals surface area contributed by atoms with Gasteiger partial charge in [0, 0.05) is 19.1 Å². The Morgan fingerprint density at radius 2 is 2.15 bits per heavy atom. The molecule has 2 unspecified atom stereocenters. The molecule has 20 heavy (non-hydrogen) atoms. The smallest absolute Gasteiger partial charge is 0.325 e. The third kappa shape index (κ3) is 4.19. The summed E-state index contributed by atoms with van der Waals surface area (Å²) in [5, 5.41) is 3.48. The van der Waals surface area contributed by atoms with E-state index in [1.165, 1.54) is 52.3 Å². The Hall–Kier alpha value is -0.610. The van der Waals surface area contributed by atoms with Crippen molar-refractivity contribution in [3.8, 4) is 0 Å². The summed E-state index contributed by atoms with van der Waals surface area (Å²) >= 11 is 0. The van der Waals surface area contributed by atoms with Crippen LogP contribution in [0.3, 0.4) is 0 Å². The van der Waals surface area contributed by atoms with E-state index in [9.17, 15) is 4.79 Å². The normalized spacial score (nSPS) is 26.4. The van der Waals surface area contributed by atoms with E-state index in [-0.39, 0.29) is 5.97 Å². The molecule has 4 nitrogen and oxygen atoms in total. The minimum absolute atomic E-state index is 0.117. The van der Waals surface area contributed by atoms with Crippen LogP contribution >= 0.6 is 0 Å². The van der Waals surface area contributed by atoms with Crippen molar-refractivity contribution in [2.45, 2.75) is 64.0 Å². The van der Waals surface area contributed by atoms with Crippen molar-refractivity contribution in [2.24, 2.45) is 5.92 Å². The maximum Gasteiger partial charge on any atom is 0.325 e. The lowest BCUT2D eigenvalue weighted by molar-refractivity contribution is -0.148.